The van der Waals surface area contributed by atoms with E-state index in [0.29, 0.717) is 37.2 Å². The number of rotatable bonds is 8. The monoisotopic (exact) mass is 506 g/mol. The topological polar surface area (TPSA) is 122 Å². The van der Waals surface area contributed by atoms with Crippen molar-refractivity contribution in [1.29, 1.82) is 0 Å². The third kappa shape index (κ3) is 5.93. The number of nitrogen functional groups attached to an aromatic ring is 1. The van der Waals surface area contributed by atoms with Crippen LogP contribution in [0.1, 0.15) is 25.7 Å². The number of aromatic nitrogens is 2. The lowest BCUT2D eigenvalue weighted by molar-refractivity contribution is 0.178. The minimum Gasteiger partial charge on any atom is -0.457 e. The van der Waals surface area contributed by atoms with Crippen LogP contribution in [0.4, 0.5) is 16.4 Å². The van der Waals surface area contributed by atoms with Gasteiger partial charge in [0, 0.05) is 19.6 Å². The summed E-state index contributed by atoms with van der Waals surface area (Å²) < 4.78 is 20.5. The third-order valence-electron chi connectivity index (χ3n) is 6.47. The molecule has 1 saturated heterocycles. The average Bonchev–Trinajstić information content (AvgIpc) is 3.75. The summed E-state index contributed by atoms with van der Waals surface area (Å²) in [6, 6.07) is 17.1. The van der Waals surface area contributed by atoms with Gasteiger partial charge < -0.3 is 20.7 Å². The summed E-state index contributed by atoms with van der Waals surface area (Å²) in [7, 11) is -1.25. The fourth-order valence-electron chi connectivity index (χ4n) is 4.23. The van der Waals surface area contributed by atoms with Crippen molar-refractivity contribution >= 4 is 28.7 Å². The Morgan fingerprint density at radius 3 is 2.39 bits per heavy atom. The van der Waals surface area contributed by atoms with E-state index in [4.69, 9.17) is 10.5 Å². The van der Waals surface area contributed by atoms with Gasteiger partial charge in [-0.25, -0.2) is 19.0 Å². The van der Waals surface area contributed by atoms with Gasteiger partial charge in [0.2, 0.25) is 0 Å². The van der Waals surface area contributed by atoms with Crippen LogP contribution in [0.25, 0.3) is 11.1 Å². The summed E-state index contributed by atoms with van der Waals surface area (Å²) in [6.07, 6.45) is 5.04. The Labute approximate surface area is 213 Å². The second kappa shape index (κ2) is 10.9. The highest BCUT2D eigenvalue weighted by atomic mass is 32.2. The molecule has 1 saturated carbocycles. The highest BCUT2D eigenvalue weighted by Crippen LogP contribution is 2.33. The van der Waals surface area contributed by atoms with Crippen molar-refractivity contribution in [2.45, 2.75) is 30.9 Å². The number of carbonyl (C=O) groups is 1. The standard InChI is InChI=1S/C26H30N6O3S/c27-24-23(19-6-8-21(9-7-19)35-20-4-2-1-3-5-20)25(30-17-29-24)28-16-18-12-14-32(15-13-18)26(33)31-36(34)22-10-11-22/h1-9,17-18,22H,10-16H2,(H,31,33)(H3,27,28,29,30). The number of benzene rings is 2. The fourth-order valence-corrected chi connectivity index (χ4v) is 5.26. The van der Waals surface area contributed by atoms with Crippen molar-refractivity contribution in [2.24, 2.45) is 5.92 Å². The molecule has 2 amide bonds. The number of likely N-dealkylation sites (tertiary alicyclic amines) is 1. The number of hydrogen-bond donors (Lipinski definition) is 3. The first-order chi connectivity index (χ1) is 17.6. The number of ether oxygens (including phenoxy) is 1. The second-order valence-corrected chi connectivity index (χ2v) is 10.6. The maximum atomic E-state index is 12.4. The van der Waals surface area contributed by atoms with E-state index in [2.05, 4.69) is 20.0 Å². The van der Waals surface area contributed by atoms with Crippen molar-refractivity contribution in [3.8, 4) is 22.6 Å². The van der Waals surface area contributed by atoms with Crippen LogP contribution in [-0.4, -0.2) is 50.0 Å². The number of hydrogen-bond acceptors (Lipinski definition) is 7. The van der Waals surface area contributed by atoms with Crippen LogP contribution in [0.2, 0.25) is 0 Å². The molecular weight excluding hydrogens is 476 g/mol. The van der Waals surface area contributed by atoms with Gasteiger partial charge in [0.1, 0.15) is 40.4 Å². The molecule has 9 nitrogen and oxygen atoms in total. The van der Waals surface area contributed by atoms with E-state index in [9.17, 15) is 9.00 Å². The molecule has 10 heteroatoms. The van der Waals surface area contributed by atoms with E-state index < -0.39 is 11.0 Å². The summed E-state index contributed by atoms with van der Waals surface area (Å²) in [5.74, 6) is 2.97. The Morgan fingerprint density at radius 2 is 1.69 bits per heavy atom. The number of piperidine rings is 1. The smallest absolute Gasteiger partial charge is 0.329 e. The molecule has 1 aliphatic heterocycles. The van der Waals surface area contributed by atoms with E-state index in [-0.39, 0.29) is 11.3 Å². The summed E-state index contributed by atoms with van der Waals surface area (Å²) in [5, 5.41) is 3.58. The SMILES string of the molecule is Nc1ncnc(NCC2CCN(C(=O)NS(=O)C3CC3)CC2)c1-c1ccc(Oc2ccccc2)cc1. The normalized spacial score (nSPS) is 16.8. The second-order valence-electron chi connectivity index (χ2n) is 9.14. The van der Waals surface area contributed by atoms with Crippen molar-refractivity contribution in [1.82, 2.24) is 19.6 Å². The van der Waals surface area contributed by atoms with Crippen LogP contribution in [0.15, 0.2) is 60.9 Å². The van der Waals surface area contributed by atoms with Gasteiger partial charge in [0.15, 0.2) is 0 Å². The predicted molar refractivity (Wildman–Crippen MR) is 141 cm³/mol. The van der Waals surface area contributed by atoms with Gasteiger partial charge in [-0.3, -0.25) is 4.72 Å². The maximum Gasteiger partial charge on any atom is 0.329 e. The van der Waals surface area contributed by atoms with Crippen molar-refractivity contribution in [2.75, 3.05) is 30.7 Å². The molecule has 1 aromatic heterocycles. The number of carbonyl (C=O) groups excluding carboxylic acids is 1. The Bertz CT molecular complexity index is 1210. The van der Waals surface area contributed by atoms with Crippen LogP contribution in [0.5, 0.6) is 11.5 Å². The minimum atomic E-state index is -1.25. The fraction of sp³-hybridized carbons (Fsp3) is 0.346. The average molecular weight is 507 g/mol. The van der Waals surface area contributed by atoms with Crippen LogP contribution in [-0.2, 0) is 11.0 Å². The molecule has 1 aliphatic carbocycles. The Morgan fingerprint density at radius 1 is 1.00 bits per heavy atom. The maximum absolute atomic E-state index is 12.4. The molecule has 2 aromatic carbocycles. The molecule has 0 spiro atoms. The molecule has 1 atom stereocenters. The molecule has 4 N–H and O–H groups in total. The lowest BCUT2D eigenvalue weighted by Gasteiger charge is -2.32. The first-order valence-corrected chi connectivity index (χ1v) is 13.4. The van der Waals surface area contributed by atoms with Gasteiger partial charge in [0.05, 0.1) is 10.8 Å². The lowest BCUT2D eigenvalue weighted by atomic mass is 9.97. The van der Waals surface area contributed by atoms with E-state index in [1.807, 2.05) is 54.6 Å². The number of nitrogens with zero attached hydrogens (tertiary/aromatic N) is 3. The third-order valence-corrected chi connectivity index (χ3v) is 7.93. The van der Waals surface area contributed by atoms with Gasteiger partial charge in [-0.15, -0.1) is 0 Å². The molecular formula is C26H30N6O3S. The summed E-state index contributed by atoms with van der Waals surface area (Å²) in [4.78, 5) is 22.7. The summed E-state index contributed by atoms with van der Waals surface area (Å²) >= 11 is 0. The summed E-state index contributed by atoms with van der Waals surface area (Å²) in [5.41, 5.74) is 7.89. The van der Waals surface area contributed by atoms with E-state index in [1.165, 1.54) is 6.33 Å². The van der Waals surface area contributed by atoms with Gasteiger partial charge in [-0.05, 0) is 61.4 Å². The van der Waals surface area contributed by atoms with Crippen molar-refractivity contribution < 1.29 is 13.7 Å². The Hall–Kier alpha value is -3.66. The van der Waals surface area contributed by atoms with E-state index in [1.54, 1.807) is 4.90 Å². The molecule has 188 valence electrons. The summed E-state index contributed by atoms with van der Waals surface area (Å²) in [6.45, 7) is 1.99. The van der Waals surface area contributed by atoms with Gasteiger partial charge >= 0.3 is 6.03 Å². The number of urea groups is 1. The molecule has 3 aromatic rings. The zero-order valence-electron chi connectivity index (χ0n) is 19.9. The zero-order valence-corrected chi connectivity index (χ0v) is 20.7. The van der Waals surface area contributed by atoms with Crippen LogP contribution in [0.3, 0.4) is 0 Å². The Balaban J connectivity index is 1.18. The quantitative estimate of drug-likeness (QED) is 0.419. The number of nitrogens with two attached hydrogens (primary N) is 1. The highest BCUT2D eigenvalue weighted by molar-refractivity contribution is 7.84. The van der Waals surface area contributed by atoms with E-state index >= 15 is 0 Å². The first kappa shape index (κ1) is 24.1. The Kier molecular flexibility index (Phi) is 7.31. The molecule has 2 fully saturated rings. The number of anilines is 2. The molecule has 0 bridgehead atoms. The molecule has 2 aliphatic rings. The predicted octanol–water partition coefficient (Wildman–Crippen LogP) is 4.18. The van der Waals surface area contributed by atoms with Gasteiger partial charge in [-0.2, -0.15) is 0 Å². The highest BCUT2D eigenvalue weighted by Gasteiger charge is 2.31. The first-order valence-electron chi connectivity index (χ1n) is 12.2. The van der Waals surface area contributed by atoms with Gasteiger partial charge in [-0.1, -0.05) is 30.3 Å². The number of amides is 2. The molecule has 5 rings (SSSR count). The van der Waals surface area contributed by atoms with Crippen LogP contribution < -0.4 is 20.5 Å². The van der Waals surface area contributed by atoms with Crippen LogP contribution >= 0.6 is 0 Å². The zero-order chi connectivity index (χ0) is 24.9. The number of nitrogens with one attached hydrogen (secondary N) is 2. The van der Waals surface area contributed by atoms with Crippen molar-refractivity contribution in [3.63, 3.8) is 0 Å². The number of para-hydroxylation sites is 1. The van der Waals surface area contributed by atoms with Crippen molar-refractivity contribution in [3.05, 3.63) is 60.9 Å². The van der Waals surface area contributed by atoms with Crippen LogP contribution in [0, 0.1) is 5.92 Å². The lowest BCUT2D eigenvalue weighted by Crippen LogP contribution is -2.46. The molecule has 36 heavy (non-hydrogen) atoms. The molecule has 1 unspecified atom stereocenters. The molecule has 0 radical (unpaired) electrons. The largest absolute Gasteiger partial charge is 0.457 e. The van der Waals surface area contributed by atoms with E-state index in [0.717, 1.165) is 48.3 Å². The minimum absolute atomic E-state index is 0.137. The molecule has 2 heterocycles. The van der Waals surface area contributed by atoms with Gasteiger partial charge in [0.25, 0.3) is 0 Å².